The lowest BCUT2D eigenvalue weighted by molar-refractivity contribution is -0.111. The number of carbonyl (C=O) groups excluding carboxylic acids is 1. The Balaban J connectivity index is 1.78. The van der Waals surface area contributed by atoms with Crippen molar-refractivity contribution in [1.29, 1.82) is 0 Å². The average Bonchev–Trinajstić information content (AvgIpc) is 3.44. The van der Waals surface area contributed by atoms with Crippen molar-refractivity contribution < 1.29 is 23.1 Å². The summed E-state index contributed by atoms with van der Waals surface area (Å²) < 4.78 is 33.5. The number of benzene rings is 1. The molecular formula is C23H31N3O5S2. The van der Waals surface area contributed by atoms with E-state index >= 15 is 0 Å². The average molecular weight is 494 g/mol. The second-order valence-corrected chi connectivity index (χ2v) is 10.8. The first kappa shape index (κ1) is 25.4. The van der Waals surface area contributed by atoms with Gasteiger partial charge in [-0.1, -0.05) is 30.3 Å². The van der Waals surface area contributed by atoms with E-state index in [1.807, 2.05) is 13.0 Å². The highest BCUT2D eigenvalue weighted by atomic mass is 32.2. The highest BCUT2D eigenvalue weighted by Crippen LogP contribution is 2.36. The zero-order valence-electron chi connectivity index (χ0n) is 19.0. The molecule has 180 valence electrons. The molecule has 8 nitrogen and oxygen atoms in total. The van der Waals surface area contributed by atoms with Crippen LogP contribution in [0.15, 0.2) is 35.2 Å². The highest BCUT2D eigenvalue weighted by molar-refractivity contribution is 7.89. The topological polar surface area (TPSA) is 118 Å². The van der Waals surface area contributed by atoms with Gasteiger partial charge in [0, 0.05) is 13.2 Å². The van der Waals surface area contributed by atoms with Crippen LogP contribution in [0, 0.1) is 12.8 Å². The van der Waals surface area contributed by atoms with Gasteiger partial charge in [-0.15, -0.1) is 0 Å². The third-order valence-corrected chi connectivity index (χ3v) is 8.14. The molecule has 2 aromatic rings. The van der Waals surface area contributed by atoms with Crippen LogP contribution in [-0.2, 0) is 14.8 Å². The van der Waals surface area contributed by atoms with E-state index in [2.05, 4.69) is 15.0 Å². The summed E-state index contributed by atoms with van der Waals surface area (Å²) in [5.41, 5.74) is 1.36. The van der Waals surface area contributed by atoms with Gasteiger partial charge in [0.2, 0.25) is 15.9 Å². The number of amides is 1. The summed E-state index contributed by atoms with van der Waals surface area (Å²) in [5, 5.41) is 12.2. The van der Waals surface area contributed by atoms with Crippen molar-refractivity contribution in [2.24, 2.45) is 5.92 Å². The van der Waals surface area contributed by atoms with Gasteiger partial charge < -0.3 is 9.84 Å². The van der Waals surface area contributed by atoms with Gasteiger partial charge >= 0.3 is 0 Å². The number of allylic oxidation sites excluding steroid dienone is 1. The molecule has 0 atom stereocenters. The number of aromatic nitrogens is 1. The number of thiazole rings is 1. The van der Waals surface area contributed by atoms with Crippen molar-refractivity contribution in [3.63, 3.8) is 0 Å². The number of rotatable bonds is 11. The van der Waals surface area contributed by atoms with Crippen molar-refractivity contribution >= 4 is 32.4 Å². The summed E-state index contributed by atoms with van der Waals surface area (Å²) in [4.78, 5) is 17.5. The molecular weight excluding hydrogens is 462 g/mol. The SMILES string of the molecule is COc1ccc(-c2sc(NC(=O)C=CC3CCCC3)nc2C)cc1S(=O)(=O)NCCCCO. The molecule has 0 spiro atoms. The third-order valence-electron chi connectivity index (χ3n) is 5.54. The molecule has 33 heavy (non-hydrogen) atoms. The van der Waals surface area contributed by atoms with Crippen LogP contribution < -0.4 is 14.8 Å². The van der Waals surface area contributed by atoms with Gasteiger partial charge in [-0.3, -0.25) is 10.1 Å². The third kappa shape index (κ3) is 6.86. The highest BCUT2D eigenvalue weighted by Gasteiger charge is 2.22. The molecule has 0 bridgehead atoms. The quantitative estimate of drug-likeness (QED) is 0.323. The van der Waals surface area contributed by atoms with Crippen LogP contribution in [0.5, 0.6) is 5.75 Å². The maximum atomic E-state index is 12.8. The first-order valence-electron chi connectivity index (χ1n) is 11.1. The van der Waals surface area contributed by atoms with Crippen LogP contribution in [-0.4, -0.2) is 44.7 Å². The number of carbonyl (C=O) groups is 1. The van der Waals surface area contributed by atoms with Gasteiger partial charge in [-0.25, -0.2) is 18.1 Å². The number of aliphatic hydroxyl groups is 1. The first-order valence-corrected chi connectivity index (χ1v) is 13.4. The molecule has 1 amide bonds. The number of methoxy groups -OCH3 is 1. The number of anilines is 1. The molecule has 1 aliphatic rings. The molecule has 1 fully saturated rings. The van der Waals surface area contributed by atoms with Gasteiger partial charge in [0.25, 0.3) is 0 Å². The number of ether oxygens (including phenoxy) is 1. The van der Waals surface area contributed by atoms with E-state index in [1.54, 1.807) is 24.3 Å². The molecule has 1 heterocycles. The molecule has 0 saturated heterocycles. The minimum absolute atomic E-state index is 0.0143. The number of aliphatic hydroxyl groups excluding tert-OH is 1. The monoisotopic (exact) mass is 493 g/mol. The number of nitrogens with one attached hydrogen (secondary N) is 2. The maximum Gasteiger partial charge on any atom is 0.249 e. The Morgan fingerprint density at radius 3 is 2.76 bits per heavy atom. The minimum atomic E-state index is -3.81. The van der Waals surface area contributed by atoms with Gasteiger partial charge in [0.05, 0.1) is 17.7 Å². The number of sulfonamides is 1. The van der Waals surface area contributed by atoms with E-state index < -0.39 is 10.0 Å². The van der Waals surface area contributed by atoms with Crippen LogP contribution in [0.3, 0.4) is 0 Å². The van der Waals surface area contributed by atoms with Crippen molar-refractivity contribution in [3.8, 4) is 16.2 Å². The van der Waals surface area contributed by atoms with Crippen molar-refractivity contribution in [2.75, 3.05) is 25.6 Å². The Bertz CT molecular complexity index is 1090. The second kappa shape index (κ2) is 11.7. The summed E-state index contributed by atoms with van der Waals surface area (Å²) in [6, 6.07) is 4.94. The molecule has 3 N–H and O–H groups in total. The van der Waals surface area contributed by atoms with E-state index in [0.29, 0.717) is 35.1 Å². The van der Waals surface area contributed by atoms with Crippen molar-refractivity contribution in [1.82, 2.24) is 9.71 Å². The lowest BCUT2D eigenvalue weighted by Crippen LogP contribution is -2.25. The second-order valence-electron chi connectivity index (χ2n) is 8.02. The Kier molecular flexibility index (Phi) is 9.02. The predicted octanol–water partition coefficient (Wildman–Crippen LogP) is 3.86. The zero-order chi connectivity index (χ0) is 23.8. The summed E-state index contributed by atoms with van der Waals surface area (Å²) in [6.45, 7) is 2.06. The molecule has 0 aliphatic heterocycles. The number of unbranched alkanes of at least 4 members (excludes halogenated alkanes) is 1. The van der Waals surface area contributed by atoms with Crippen molar-refractivity contribution in [2.45, 2.75) is 50.3 Å². The molecule has 1 saturated carbocycles. The van der Waals surface area contributed by atoms with Crippen LogP contribution in [0.4, 0.5) is 5.13 Å². The van der Waals surface area contributed by atoms with E-state index in [-0.39, 0.29) is 29.7 Å². The van der Waals surface area contributed by atoms with E-state index in [1.165, 1.54) is 31.3 Å². The number of aryl methyl sites for hydroxylation is 1. The number of hydrogen-bond donors (Lipinski definition) is 3. The van der Waals surface area contributed by atoms with E-state index in [4.69, 9.17) is 9.84 Å². The van der Waals surface area contributed by atoms with E-state index in [0.717, 1.165) is 17.7 Å². The molecule has 1 aromatic carbocycles. The minimum Gasteiger partial charge on any atom is -0.495 e. The first-order chi connectivity index (χ1) is 15.8. The summed E-state index contributed by atoms with van der Waals surface area (Å²) in [7, 11) is -2.38. The summed E-state index contributed by atoms with van der Waals surface area (Å²) in [5.74, 6) is 0.495. The smallest absolute Gasteiger partial charge is 0.249 e. The van der Waals surface area contributed by atoms with E-state index in [9.17, 15) is 13.2 Å². The predicted molar refractivity (Wildman–Crippen MR) is 130 cm³/mol. The Morgan fingerprint density at radius 2 is 2.06 bits per heavy atom. The molecule has 1 aromatic heterocycles. The van der Waals surface area contributed by atoms with Gasteiger partial charge in [-0.2, -0.15) is 0 Å². The Hall–Kier alpha value is -2.27. The van der Waals surface area contributed by atoms with Crippen LogP contribution in [0.1, 0.15) is 44.2 Å². The fourth-order valence-corrected chi connectivity index (χ4v) is 6.02. The van der Waals surface area contributed by atoms with Crippen LogP contribution in [0.2, 0.25) is 0 Å². The fraction of sp³-hybridized carbons (Fsp3) is 0.478. The van der Waals surface area contributed by atoms with Gasteiger partial charge in [-0.05, 0) is 68.4 Å². The van der Waals surface area contributed by atoms with Crippen molar-refractivity contribution in [3.05, 3.63) is 36.0 Å². The zero-order valence-corrected chi connectivity index (χ0v) is 20.6. The van der Waals surface area contributed by atoms with Gasteiger partial charge in [0.15, 0.2) is 5.13 Å². The van der Waals surface area contributed by atoms with Crippen LogP contribution >= 0.6 is 11.3 Å². The van der Waals surface area contributed by atoms with Crippen LogP contribution in [0.25, 0.3) is 10.4 Å². The molecule has 10 heteroatoms. The lowest BCUT2D eigenvalue weighted by Gasteiger charge is -2.12. The largest absolute Gasteiger partial charge is 0.495 e. The molecule has 0 unspecified atom stereocenters. The summed E-state index contributed by atoms with van der Waals surface area (Å²) >= 11 is 1.30. The molecule has 0 radical (unpaired) electrons. The standard InChI is InChI=1S/C23H31N3O5S2/c1-16-22(32-23(25-16)26-21(28)12-9-17-7-3-4-8-17)18-10-11-19(31-2)20(15-18)33(29,30)24-13-5-6-14-27/h9-12,15,17,24,27H,3-8,13-14H2,1-2H3,(H,25,26,28). The maximum absolute atomic E-state index is 12.8. The number of hydrogen-bond acceptors (Lipinski definition) is 7. The fourth-order valence-electron chi connectivity index (χ4n) is 3.79. The van der Waals surface area contributed by atoms with Gasteiger partial charge in [0.1, 0.15) is 10.6 Å². The Labute approximate surface area is 199 Å². The normalized spacial score (nSPS) is 14.8. The lowest BCUT2D eigenvalue weighted by atomic mass is 10.1. The molecule has 1 aliphatic carbocycles. The summed E-state index contributed by atoms with van der Waals surface area (Å²) in [6.07, 6.45) is 9.28. The Morgan fingerprint density at radius 1 is 1.30 bits per heavy atom. The number of nitrogens with zero attached hydrogens (tertiary/aromatic N) is 1. The molecule has 3 rings (SSSR count).